The number of carbonyl (C=O) groups excluding carboxylic acids is 3. The molecule has 9 nitrogen and oxygen atoms in total. The van der Waals surface area contributed by atoms with Crippen LogP contribution >= 0.6 is 0 Å². The molecule has 182 valence electrons. The lowest BCUT2D eigenvalue weighted by Crippen LogP contribution is -2.54. The fraction of sp³-hybridized carbons (Fsp3) is 0.583. The molecule has 0 bridgehead atoms. The Kier molecular flexibility index (Phi) is 10.8. The van der Waals surface area contributed by atoms with Crippen molar-refractivity contribution in [2.24, 2.45) is 0 Å². The Bertz CT molecular complexity index is 873. The van der Waals surface area contributed by atoms with E-state index in [1.54, 1.807) is 26.8 Å². The highest BCUT2D eigenvalue weighted by Gasteiger charge is 2.36. The monoisotopic (exact) mass is 460 g/mol. The third kappa shape index (κ3) is 8.73. The summed E-state index contributed by atoms with van der Waals surface area (Å²) in [7, 11) is 0. The van der Waals surface area contributed by atoms with Crippen LogP contribution in [0.4, 0.5) is 4.79 Å². The molecule has 3 N–H and O–H groups in total. The van der Waals surface area contributed by atoms with Crippen LogP contribution in [0.3, 0.4) is 0 Å². The second-order valence-electron chi connectivity index (χ2n) is 8.91. The minimum Gasteiger partial charge on any atom is -0.444 e. The molecule has 0 saturated heterocycles. The highest BCUT2D eigenvalue weighted by atomic mass is 16.6. The number of carbonyl (C=O) groups is 3. The Balaban J connectivity index is 3.35. The van der Waals surface area contributed by atoms with Crippen molar-refractivity contribution in [1.82, 2.24) is 15.5 Å². The van der Waals surface area contributed by atoms with Crippen molar-refractivity contribution in [2.75, 3.05) is 19.7 Å². The molecule has 1 rings (SSSR count). The van der Waals surface area contributed by atoms with Crippen LogP contribution in [0.25, 0.3) is 0 Å². The summed E-state index contributed by atoms with van der Waals surface area (Å²) in [5.41, 5.74) is 1.52. The number of nitrogens with one attached hydrogen (secondary N) is 2. The van der Waals surface area contributed by atoms with E-state index in [2.05, 4.69) is 10.6 Å². The number of hydrogen-bond donors (Lipinski definition) is 3. The van der Waals surface area contributed by atoms with Gasteiger partial charge in [-0.15, -0.1) is 0 Å². The second-order valence-corrected chi connectivity index (χ2v) is 8.91. The molecule has 0 aliphatic rings. The molecule has 2 atom stereocenters. The highest BCUT2D eigenvalue weighted by molar-refractivity contribution is 5.92. The topological polar surface area (TPSA) is 132 Å². The normalized spacial score (nSPS) is 12.8. The number of amides is 3. The molecule has 9 heteroatoms. The molecule has 0 aromatic heterocycles. The average Bonchev–Trinajstić information content (AvgIpc) is 2.71. The minimum atomic E-state index is -1.38. The number of unbranched alkanes of at least 4 members (excludes halogenated alkanes) is 1. The zero-order chi connectivity index (χ0) is 25.2. The molecule has 33 heavy (non-hydrogen) atoms. The van der Waals surface area contributed by atoms with Crippen molar-refractivity contribution in [1.29, 1.82) is 5.26 Å². The molecule has 0 aliphatic carbocycles. The zero-order valence-electron chi connectivity index (χ0n) is 20.4. The van der Waals surface area contributed by atoms with Crippen LogP contribution in [0.1, 0.15) is 63.3 Å². The van der Waals surface area contributed by atoms with E-state index in [9.17, 15) is 24.8 Å². The quantitative estimate of drug-likeness (QED) is 0.363. The van der Waals surface area contributed by atoms with Gasteiger partial charge in [0.15, 0.2) is 0 Å². The molecule has 0 saturated carbocycles. The van der Waals surface area contributed by atoms with Gasteiger partial charge in [-0.1, -0.05) is 37.1 Å². The minimum absolute atomic E-state index is 0.412. The Morgan fingerprint density at radius 2 is 1.91 bits per heavy atom. The first-order valence-corrected chi connectivity index (χ1v) is 11.1. The predicted molar refractivity (Wildman–Crippen MR) is 124 cm³/mol. The average molecular weight is 461 g/mol. The number of aryl methyl sites for hydroxylation is 2. The first kappa shape index (κ1) is 27.9. The van der Waals surface area contributed by atoms with E-state index in [1.165, 1.54) is 0 Å². The van der Waals surface area contributed by atoms with E-state index < -0.39 is 48.7 Å². The van der Waals surface area contributed by atoms with Crippen molar-refractivity contribution >= 4 is 17.9 Å². The van der Waals surface area contributed by atoms with Crippen molar-refractivity contribution in [3.8, 4) is 6.07 Å². The summed E-state index contributed by atoms with van der Waals surface area (Å²) in [6, 6.07) is 4.90. The Morgan fingerprint density at radius 3 is 2.42 bits per heavy atom. The van der Waals surface area contributed by atoms with Gasteiger partial charge in [0.05, 0.1) is 12.7 Å². The number of rotatable bonds is 10. The summed E-state index contributed by atoms with van der Waals surface area (Å²) in [5.74, 6) is -1.20. The molecule has 0 spiro atoms. The lowest BCUT2D eigenvalue weighted by atomic mass is 9.96. The van der Waals surface area contributed by atoms with Crippen molar-refractivity contribution in [3.63, 3.8) is 0 Å². The fourth-order valence-electron chi connectivity index (χ4n) is 3.28. The standard InChI is InChI=1S/C24H36N4O5/c1-7-8-12-26-21(30)20(18-10-9-16(2)14-17(18)3)28(13-11-25)22(31)19(15-29)27-23(32)33-24(4,5)6/h9-10,14,19-20,29H,7-8,12-13,15H2,1-6H3,(H,26,30)(H,27,32). The van der Waals surface area contributed by atoms with E-state index in [0.717, 1.165) is 28.9 Å². The Hall–Kier alpha value is -3.12. The van der Waals surface area contributed by atoms with Gasteiger partial charge in [-0.2, -0.15) is 5.26 Å². The number of aliphatic hydroxyl groups excluding tert-OH is 1. The molecule has 3 amide bonds. The van der Waals surface area contributed by atoms with E-state index in [1.807, 2.05) is 39.0 Å². The lowest BCUT2D eigenvalue weighted by molar-refractivity contribution is -0.142. The molecule has 0 aliphatic heterocycles. The van der Waals surface area contributed by atoms with Crippen molar-refractivity contribution < 1.29 is 24.2 Å². The van der Waals surface area contributed by atoms with Gasteiger partial charge in [0.2, 0.25) is 11.8 Å². The maximum absolute atomic E-state index is 13.4. The molecule has 0 heterocycles. The smallest absolute Gasteiger partial charge is 0.408 e. The van der Waals surface area contributed by atoms with Gasteiger partial charge in [-0.05, 0) is 52.2 Å². The molecular weight excluding hydrogens is 424 g/mol. The van der Waals surface area contributed by atoms with Crippen LogP contribution in [0.15, 0.2) is 18.2 Å². The maximum atomic E-state index is 13.4. The highest BCUT2D eigenvalue weighted by Crippen LogP contribution is 2.26. The van der Waals surface area contributed by atoms with E-state index in [0.29, 0.717) is 12.1 Å². The van der Waals surface area contributed by atoms with Crippen LogP contribution in [0.5, 0.6) is 0 Å². The van der Waals surface area contributed by atoms with Gasteiger partial charge in [0, 0.05) is 6.54 Å². The SMILES string of the molecule is CCCCNC(=O)C(c1ccc(C)cc1C)N(CC#N)C(=O)C(CO)NC(=O)OC(C)(C)C. The predicted octanol–water partition coefficient (Wildman–Crippen LogP) is 2.50. The van der Waals surface area contributed by atoms with Crippen LogP contribution in [-0.2, 0) is 14.3 Å². The maximum Gasteiger partial charge on any atom is 0.408 e. The summed E-state index contributed by atoms with van der Waals surface area (Å²) < 4.78 is 5.17. The van der Waals surface area contributed by atoms with Gasteiger partial charge in [0.1, 0.15) is 24.2 Å². The molecule has 0 radical (unpaired) electrons. The number of aliphatic hydroxyl groups is 1. The first-order chi connectivity index (χ1) is 15.4. The first-order valence-electron chi connectivity index (χ1n) is 11.1. The number of hydrogen-bond acceptors (Lipinski definition) is 6. The lowest BCUT2D eigenvalue weighted by Gasteiger charge is -2.33. The van der Waals surface area contributed by atoms with Crippen LogP contribution in [0.2, 0.25) is 0 Å². The van der Waals surface area contributed by atoms with E-state index in [-0.39, 0.29) is 0 Å². The Morgan fingerprint density at radius 1 is 1.24 bits per heavy atom. The summed E-state index contributed by atoms with van der Waals surface area (Å²) in [6.45, 7) is 10.0. The largest absolute Gasteiger partial charge is 0.444 e. The third-order valence-electron chi connectivity index (χ3n) is 4.81. The van der Waals surface area contributed by atoms with Gasteiger partial charge >= 0.3 is 6.09 Å². The summed E-state index contributed by atoms with van der Waals surface area (Å²) in [4.78, 5) is 39.8. The third-order valence-corrected chi connectivity index (χ3v) is 4.81. The molecular formula is C24H36N4O5. The summed E-state index contributed by atoms with van der Waals surface area (Å²) in [6.07, 6.45) is 0.751. The number of nitrogens with zero attached hydrogens (tertiary/aromatic N) is 2. The van der Waals surface area contributed by atoms with E-state index in [4.69, 9.17) is 4.74 Å². The van der Waals surface area contributed by atoms with Gasteiger partial charge in [-0.25, -0.2) is 4.79 Å². The zero-order valence-corrected chi connectivity index (χ0v) is 20.4. The van der Waals surface area contributed by atoms with E-state index >= 15 is 0 Å². The van der Waals surface area contributed by atoms with Crippen LogP contribution < -0.4 is 10.6 Å². The second kappa shape index (κ2) is 12.8. The van der Waals surface area contributed by atoms with Gasteiger partial charge < -0.3 is 25.4 Å². The fourth-order valence-corrected chi connectivity index (χ4v) is 3.28. The Labute approximate surface area is 196 Å². The van der Waals surface area contributed by atoms with Crippen molar-refractivity contribution in [3.05, 3.63) is 34.9 Å². The number of ether oxygens (including phenoxy) is 1. The molecule has 1 aromatic carbocycles. The number of alkyl carbamates (subject to hydrolysis) is 1. The summed E-state index contributed by atoms with van der Waals surface area (Å²) in [5, 5.41) is 24.4. The summed E-state index contributed by atoms with van der Waals surface area (Å²) >= 11 is 0. The van der Waals surface area contributed by atoms with Crippen LogP contribution in [-0.4, -0.2) is 59.3 Å². The van der Waals surface area contributed by atoms with Crippen LogP contribution in [0, 0.1) is 25.2 Å². The number of nitriles is 1. The molecule has 1 aromatic rings. The van der Waals surface area contributed by atoms with Gasteiger partial charge in [-0.3, -0.25) is 9.59 Å². The van der Waals surface area contributed by atoms with Gasteiger partial charge in [0.25, 0.3) is 0 Å². The number of benzene rings is 1. The van der Waals surface area contributed by atoms with Crippen molar-refractivity contribution in [2.45, 2.75) is 72.1 Å². The molecule has 2 unspecified atom stereocenters. The molecule has 0 fully saturated rings.